The molecule has 7 nitrogen and oxygen atoms in total. The number of ether oxygens (including phenoxy) is 1. The van der Waals surface area contributed by atoms with E-state index in [0.717, 1.165) is 5.56 Å². The van der Waals surface area contributed by atoms with Crippen molar-refractivity contribution in [3.63, 3.8) is 0 Å². The van der Waals surface area contributed by atoms with E-state index in [4.69, 9.17) is 16.3 Å². The zero-order chi connectivity index (χ0) is 24.8. The van der Waals surface area contributed by atoms with Gasteiger partial charge in [-0.05, 0) is 55.3 Å². The average molecular weight is 498 g/mol. The Morgan fingerprint density at radius 3 is 2.46 bits per heavy atom. The molecule has 4 aromatic rings. The third-order valence-electron chi connectivity index (χ3n) is 5.08. The maximum absolute atomic E-state index is 14.3. The largest absolute Gasteiger partial charge is 0.491 e. The highest BCUT2D eigenvalue weighted by Gasteiger charge is 2.11. The minimum absolute atomic E-state index is 0.0730. The van der Waals surface area contributed by atoms with Gasteiger partial charge in [-0.2, -0.15) is 0 Å². The van der Waals surface area contributed by atoms with E-state index >= 15 is 0 Å². The van der Waals surface area contributed by atoms with E-state index in [1.807, 2.05) is 12.1 Å². The number of urea groups is 1. The molecule has 180 valence electrons. The summed E-state index contributed by atoms with van der Waals surface area (Å²) in [4.78, 5) is 20.6. The van der Waals surface area contributed by atoms with Gasteiger partial charge in [0.1, 0.15) is 18.0 Å². The second-order valence-corrected chi connectivity index (χ2v) is 7.94. The number of rotatable bonds is 8. The molecule has 0 unspecified atom stereocenters. The number of amides is 2. The van der Waals surface area contributed by atoms with Crippen LogP contribution in [0.25, 0.3) is 10.9 Å². The summed E-state index contributed by atoms with van der Waals surface area (Å²) in [5.74, 6) is -0.327. The van der Waals surface area contributed by atoms with E-state index in [1.165, 1.54) is 30.6 Å². The Balaban J connectivity index is 1.32. The standard InChI is InChI=1S/C25H22ClF2N5O2/c1-2-35-23-13-22-18(12-21(23)28)24(31-14-30-22)29-10-9-15-3-5-16(6-4-15)32-25(34)33-17-7-8-20(27)19(26)11-17/h3-8,11-14H,2,9-10H2,1H3,(H,29,30,31)(H2,32,33,34). The fourth-order valence-electron chi connectivity index (χ4n) is 3.41. The van der Waals surface area contributed by atoms with Crippen LogP contribution in [0.2, 0.25) is 5.02 Å². The number of carbonyl (C=O) groups is 1. The summed E-state index contributed by atoms with van der Waals surface area (Å²) < 4.78 is 32.8. The van der Waals surface area contributed by atoms with Crippen LogP contribution in [0.1, 0.15) is 12.5 Å². The Morgan fingerprint density at radius 1 is 0.971 bits per heavy atom. The number of benzene rings is 3. The Morgan fingerprint density at radius 2 is 1.71 bits per heavy atom. The summed E-state index contributed by atoms with van der Waals surface area (Å²) in [5.41, 5.74) is 2.58. The van der Waals surface area contributed by atoms with Crippen LogP contribution < -0.4 is 20.7 Å². The van der Waals surface area contributed by atoms with Crippen LogP contribution in [-0.2, 0) is 6.42 Å². The van der Waals surface area contributed by atoms with Crippen LogP contribution in [0.15, 0.2) is 60.9 Å². The number of hydrogen-bond donors (Lipinski definition) is 3. The Kier molecular flexibility index (Phi) is 7.57. The van der Waals surface area contributed by atoms with Crippen LogP contribution in [0.4, 0.5) is 30.8 Å². The maximum Gasteiger partial charge on any atom is 0.323 e. The summed E-state index contributed by atoms with van der Waals surface area (Å²) in [6, 6.07) is 13.7. The summed E-state index contributed by atoms with van der Waals surface area (Å²) >= 11 is 5.73. The Labute approximate surface area is 205 Å². The smallest absolute Gasteiger partial charge is 0.323 e. The SMILES string of the molecule is CCOc1cc2ncnc(NCCc3ccc(NC(=O)Nc4ccc(F)c(Cl)c4)cc3)c2cc1F. The number of aromatic nitrogens is 2. The van der Waals surface area contributed by atoms with Crippen LogP contribution in [0.3, 0.4) is 0 Å². The van der Waals surface area contributed by atoms with Crippen molar-refractivity contribution in [1.29, 1.82) is 0 Å². The fourth-order valence-corrected chi connectivity index (χ4v) is 3.59. The van der Waals surface area contributed by atoms with Gasteiger partial charge in [-0.1, -0.05) is 23.7 Å². The third kappa shape index (κ3) is 6.13. The summed E-state index contributed by atoms with van der Waals surface area (Å²) in [7, 11) is 0. The zero-order valence-corrected chi connectivity index (χ0v) is 19.5. The molecule has 0 radical (unpaired) electrons. The third-order valence-corrected chi connectivity index (χ3v) is 5.37. The predicted molar refractivity (Wildman–Crippen MR) is 133 cm³/mol. The van der Waals surface area contributed by atoms with Gasteiger partial charge in [0.05, 0.1) is 17.1 Å². The van der Waals surface area contributed by atoms with Crippen molar-refractivity contribution >= 4 is 45.7 Å². The minimum atomic E-state index is -0.557. The zero-order valence-electron chi connectivity index (χ0n) is 18.7. The van der Waals surface area contributed by atoms with Gasteiger partial charge < -0.3 is 20.7 Å². The lowest BCUT2D eigenvalue weighted by Crippen LogP contribution is -2.19. The fraction of sp³-hybridized carbons (Fsp3) is 0.160. The molecule has 0 aliphatic heterocycles. The van der Waals surface area contributed by atoms with Crippen molar-refractivity contribution in [3.05, 3.63) is 83.1 Å². The lowest BCUT2D eigenvalue weighted by Gasteiger charge is -2.11. The van der Waals surface area contributed by atoms with Crippen molar-refractivity contribution in [2.75, 3.05) is 29.1 Å². The van der Waals surface area contributed by atoms with Crippen molar-refractivity contribution in [1.82, 2.24) is 9.97 Å². The molecule has 0 saturated heterocycles. The van der Waals surface area contributed by atoms with Gasteiger partial charge in [0, 0.05) is 29.4 Å². The van der Waals surface area contributed by atoms with Gasteiger partial charge in [0.2, 0.25) is 0 Å². The minimum Gasteiger partial charge on any atom is -0.491 e. The molecular formula is C25H22ClF2N5O2. The first-order chi connectivity index (χ1) is 16.9. The summed E-state index contributed by atoms with van der Waals surface area (Å²) in [6.07, 6.45) is 2.09. The van der Waals surface area contributed by atoms with Crippen LogP contribution in [0.5, 0.6) is 5.75 Å². The first-order valence-corrected chi connectivity index (χ1v) is 11.2. The molecule has 2 amide bonds. The number of halogens is 3. The highest BCUT2D eigenvalue weighted by atomic mass is 35.5. The second-order valence-electron chi connectivity index (χ2n) is 7.54. The van der Waals surface area contributed by atoms with Gasteiger partial charge in [0.25, 0.3) is 0 Å². The number of hydrogen-bond acceptors (Lipinski definition) is 5. The van der Waals surface area contributed by atoms with Gasteiger partial charge >= 0.3 is 6.03 Å². The highest BCUT2D eigenvalue weighted by Crippen LogP contribution is 2.27. The molecule has 10 heteroatoms. The molecule has 1 heterocycles. The number of carbonyl (C=O) groups excluding carboxylic acids is 1. The number of fused-ring (bicyclic) bond motifs is 1. The first kappa shape index (κ1) is 24.2. The second kappa shape index (κ2) is 11.0. The molecule has 1 aromatic heterocycles. The van der Waals surface area contributed by atoms with Crippen LogP contribution in [-0.4, -0.2) is 29.2 Å². The van der Waals surface area contributed by atoms with E-state index in [2.05, 4.69) is 25.9 Å². The quantitative estimate of drug-likeness (QED) is 0.267. The molecule has 0 aliphatic rings. The topological polar surface area (TPSA) is 88.2 Å². The molecule has 0 bridgehead atoms. The van der Waals surface area contributed by atoms with Gasteiger partial charge in [0.15, 0.2) is 11.6 Å². The number of anilines is 3. The van der Waals surface area contributed by atoms with Gasteiger partial charge in [-0.3, -0.25) is 0 Å². The molecule has 0 atom stereocenters. The maximum atomic E-state index is 14.3. The van der Waals surface area contributed by atoms with Crippen molar-refractivity contribution < 1.29 is 18.3 Å². The Hall–Kier alpha value is -3.98. The lowest BCUT2D eigenvalue weighted by atomic mass is 10.1. The Bertz CT molecular complexity index is 1350. The number of nitrogens with zero attached hydrogens (tertiary/aromatic N) is 2. The molecule has 3 aromatic carbocycles. The van der Waals surface area contributed by atoms with E-state index in [-0.39, 0.29) is 10.8 Å². The predicted octanol–water partition coefficient (Wildman–Crippen LogP) is 6.26. The van der Waals surface area contributed by atoms with E-state index < -0.39 is 17.7 Å². The van der Waals surface area contributed by atoms with Gasteiger partial charge in [-0.25, -0.2) is 23.5 Å². The first-order valence-electron chi connectivity index (χ1n) is 10.9. The number of nitrogens with one attached hydrogen (secondary N) is 3. The molecule has 4 rings (SSSR count). The lowest BCUT2D eigenvalue weighted by molar-refractivity contribution is 0.262. The summed E-state index contributed by atoms with van der Waals surface area (Å²) in [6.45, 7) is 2.71. The monoisotopic (exact) mass is 497 g/mol. The molecule has 3 N–H and O–H groups in total. The summed E-state index contributed by atoms with van der Waals surface area (Å²) in [5, 5.41) is 9.02. The van der Waals surface area contributed by atoms with Gasteiger partial charge in [-0.15, -0.1) is 0 Å². The molecule has 0 spiro atoms. The van der Waals surface area contributed by atoms with E-state index in [1.54, 1.807) is 25.1 Å². The van der Waals surface area contributed by atoms with E-state index in [0.29, 0.717) is 47.7 Å². The van der Waals surface area contributed by atoms with Crippen LogP contribution >= 0.6 is 11.6 Å². The average Bonchev–Trinajstić information content (AvgIpc) is 2.83. The van der Waals surface area contributed by atoms with E-state index in [9.17, 15) is 13.6 Å². The van der Waals surface area contributed by atoms with Crippen molar-refractivity contribution in [3.8, 4) is 5.75 Å². The molecule has 35 heavy (non-hydrogen) atoms. The van der Waals surface area contributed by atoms with Crippen LogP contribution in [0, 0.1) is 11.6 Å². The van der Waals surface area contributed by atoms with Crippen molar-refractivity contribution in [2.24, 2.45) is 0 Å². The van der Waals surface area contributed by atoms with Crippen molar-refractivity contribution in [2.45, 2.75) is 13.3 Å². The normalized spacial score (nSPS) is 10.7. The molecule has 0 fully saturated rings. The highest BCUT2D eigenvalue weighted by molar-refractivity contribution is 6.31. The molecular weight excluding hydrogens is 476 g/mol. The molecule has 0 saturated carbocycles. The molecule has 0 aliphatic carbocycles.